The third-order valence-corrected chi connectivity index (χ3v) is 4.69. The molecule has 0 spiro atoms. The van der Waals surface area contributed by atoms with Crippen molar-refractivity contribution >= 4 is 27.5 Å². The van der Waals surface area contributed by atoms with Crippen molar-refractivity contribution in [2.24, 2.45) is 0 Å². The minimum absolute atomic E-state index is 0.0215. The van der Waals surface area contributed by atoms with Crippen molar-refractivity contribution in [1.82, 2.24) is 0 Å². The van der Waals surface area contributed by atoms with Crippen molar-refractivity contribution < 1.29 is 14.2 Å². The van der Waals surface area contributed by atoms with E-state index in [0.29, 0.717) is 18.2 Å². The number of hydrogen-bond acceptors (Lipinski definition) is 3. The van der Waals surface area contributed by atoms with E-state index in [1.54, 1.807) is 7.11 Å². The van der Waals surface area contributed by atoms with Gasteiger partial charge in [0.25, 0.3) is 0 Å². The van der Waals surface area contributed by atoms with Gasteiger partial charge in [0.15, 0.2) is 11.5 Å². The molecule has 0 amide bonds. The smallest absolute Gasteiger partial charge is 0.161 e. The normalized spacial score (nSPS) is 14.6. The van der Waals surface area contributed by atoms with Crippen molar-refractivity contribution in [1.29, 1.82) is 0 Å². The van der Waals surface area contributed by atoms with Gasteiger partial charge in [-0.25, -0.2) is 0 Å². The lowest BCUT2D eigenvalue weighted by molar-refractivity contribution is 0.171. The summed E-state index contributed by atoms with van der Waals surface area (Å²) in [5, 5.41) is 0.658. The molecule has 2 aromatic carbocycles. The SMILES string of the molecule is COc1ccc(C(Br)c2ccc3c(c2)OCCO3)c(Cl)c1. The van der Waals surface area contributed by atoms with Gasteiger partial charge >= 0.3 is 0 Å². The molecule has 1 aliphatic heterocycles. The molecule has 0 bridgehead atoms. The van der Waals surface area contributed by atoms with Crippen molar-refractivity contribution in [3.8, 4) is 17.2 Å². The number of fused-ring (bicyclic) bond motifs is 1. The molecule has 0 N–H and O–H groups in total. The number of ether oxygens (including phenoxy) is 3. The fourth-order valence-corrected chi connectivity index (χ4v) is 3.33. The van der Waals surface area contributed by atoms with Crippen LogP contribution in [0.2, 0.25) is 5.02 Å². The Morgan fingerprint density at radius 3 is 2.57 bits per heavy atom. The van der Waals surface area contributed by atoms with Crippen LogP contribution in [-0.2, 0) is 0 Å². The molecule has 21 heavy (non-hydrogen) atoms. The van der Waals surface area contributed by atoms with Crippen LogP contribution in [0.1, 0.15) is 16.0 Å². The summed E-state index contributed by atoms with van der Waals surface area (Å²) in [6.07, 6.45) is 0. The molecule has 110 valence electrons. The summed E-state index contributed by atoms with van der Waals surface area (Å²) in [5.74, 6) is 2.30. The highest BCUT2D eigenvalue weighted by Gasteiger charge is 2.18. The van der Waals surface area contributed by atoms with Gasteiger partial charge in [0.05, 0.1) is 11.9 Å². The van der Waals surface area contributed by atoms with Crippen LogP contribution in [0.4, 0.5) is 0 Å². The predicted molar refractivity (Wildman–Crippen MR) is 86.2 cm³/mol. The molecule has 1 heterocycles. The van der Waals surface area contributed by atoms with Crippen LogP contribution in [0.5, 0.6) is 17.2 Å². The minimum atomic E-state index is -0.0215. The lowest BCUT2D eigenvalue weighted by Crippen LogP contribution is -2.15. The fourth-order valence-electron chi connectivity index (χ4n) is 2.24. The zero-order valence-electron chi connectivity index (χ0n) is 11.4. The molecule has 0 saturated heterocycles. The first kappa shape index (κ1) is 14.5. The standard InChI is InChI=1S/C16H14BrClO3/c1-19-11-3-4-12(13(18)9-11)16(17)10-2-5-14-15(8-10)21-7-6-20-14/h2-5,8-9,16H,6-7H2,1H3. The molecule has 0 saturated carbocycles. The van der Waals surface area contributed by atoms with E-state index >= 15 is 0 Å². The summed E-state index contributed by atoms with van der Waals surface area (Å²) < 4.78 is 16.3. The number of benzene rings is 2. The number of methoxy groups -OCH3 is 1. The zero-order chi connectivity index (χ0) is 14.8. The molecular weight excluding hydrogens is 356 g/mol. The Kier molecular flexibility index (Phi) is 4.27. The molecule has 5 heteroatoms. The largest absolute Gasteiger partial charge is 0.497 e. The highest BCUT2D eigenvalue weighted by atomic mass is 79.9. The predicted octanol–water partition coefficient (Wildman–Crippen LogP) is 4.60. The second kappa shape index (κ2) is 6.16. The molecule has 0 fully saturated rings. The van der Waals surface area contributed by atoms with Gasteiger partial charge in [0, 0.05) is 5.02 Å². The second-order valence-corrected chi connectivity index (χ2v) is 5.98. The van der Waals surface area contributed by atoms with E-state index in [1.165, 1.54) is 0 Å². The van der Waals surface area contributed by atoms with E-state index < -0.39 is 0 Å². The summed E-state index contributed by atoms with van der Waals surface area (Å²) in [6, 6.07) is 11.6. The highest BCUT2D eigenvalue weighted by molar-refractivity contribution is 9.09. The molecule has 0 aliphatic carbocycles. The van der Waals surface area contributed by atoms with Gasteiger partial charge in [0.1, 0.15) is 19.0 Å². The fraction of sp³-hybridized carbons (Fsp3) is 0.250. The summed E-state index contributed by atoms with van der Waals surface area (Å²) in [5.41, 5.74) is 2.04. The van der Waals surface area contributed by atoms with Gasteiger partial charge in [-0.3, -0.25) is 0 Å². The Labute approximate surface area is 136 Å². The molecule has 1 atom stereocenters. The first-order valence-electron chi connectivity index (χ1n) is 6.56. The molecular formula is C16H14BrClO3. The van der Waals surface area contributed by atoms with Crippen LogP contribution in [0.15, 0.2) is 36.4 Å². The van der Waals surface area contributed by atoms with Gasteiger partial charge < -0.3 is 14.2 Å². The van der Waals surface area contributed by atoms with Crippen LogP contribution in [0.3, 0.4) is 0 Å². The van der Waals surface area contributed by atoms with Crippen LogP contribution in [0.25, 0.3) is 0 Å². The third kappa shape index (κ3) is 2.97. The van der Waals surface area contributed by atoms with Crippen LogP contribution in [-0.4, -0.2) is 20.3 Å². The summed E-state index contributed by atoms with van der Waals surface area (Å²) >= 11 is 10.0. The lowest BCUT2D eigenvalue weighted by Gasteiger charge is -2.20. The van der Waals surface area contributed by atoms with Crippen molar-refractivity contribution in [2.45, 2.75) is 4.83 Å². The third-order valence-electron chi connectivity index (χ3n) is 3.34. The maximum atomic E-state index is 6.33. The Bertz CT molecular complexity index is 660. The summed E-state index contributed by atoms with van der Waals surface area (Å²) in [7, 11) is 1.62. The van der Waals surface area contributed by atoms with Crippen LogP contribution < -0.4 is 14.2 Å². The molecule has 3 rings (SSSR count). The Morgan fingerprint density at radius 1 is 1.10 bits per heavy atom. The summed E-state index contributed by atoms with van der Waals surface area (Å²) in [4.78, 5) is -0.0215. The second-order valence-electron chi connectivity index (χ2n) is 4.65. The Balaban J connectivity index is 1.93. The van der Waals surface area contributed by atoms with E-state index in [0.717, 1.165) is 28.4 Å². The first-order chi connectivity index (χ1) is 10.2. The Hall–Kier alpha value is -1.39. The molecule has 0 aromatic heterocycles. The van der Waals surface area contributed by atoms with Crippen LogP contribution in [0, 0.1) is 0 Å². The number of alkyl halides is 1. The average molecular weight is 370 g/mol. The molecule has 2 aromatic rings. The number of halogens is 2. The van der Waals surface area contributed by atoms with E-state index in [2.05, 4.69) is 15.9 Å². The van der Waals surface area contributed by atoms with Gasteiger partial charge in [-0.05, 0) is 35.4 Å². The quantitative estimate of drug-likeness (QED) is 0.740. The van der Waals surface area contributed by atoms with E-state index in [9.17, 15) is 0 Å². The average Bonchev–Trinajstić information content (AvgIpc) is 2.53. The Morgan fingerprint density at radius 2 is 1.86 bits per heavy atom. The molecule has 1 unspecified atom stereocenters. The van der Waals surface area contributed by atoms with Crippen molar-refractivity contribution in [3.05, 3.63) is 52.5 Å². The maximum Gasteiger partial charge on any atom is 0.161 e. The molecule has 0 radical (unpaired) electrons. The number of rotatable bonds is 3. The van der Waals surface area contributed by atoms with E-state index in [-0.39, 0.29) is 4.83 Å². The van der Waals surface area contributed by atoms with Gasteiger partial charge in [-0.2, -0.15) is 0 Å². The molecule has 3 nitrogen and oxygen atoms in total. The zero-order valence-corrected chi connectivity index (χ0v) is 13.8. The van der Waals surface area contributed by atoms with Crippen molar-refractivity contribution in [2.75, 3.05) is 20.3 Å². The lowest BCUT2D eigenvalue weighted by atomic mass is 10.0. The summed E-state index contributed by atoms with van der Waals surface area (Å²) in [6.45, 7) is 1.17. The monoisotopic (exact) mass is 368 g/mol. The van der Waals surface area contributed by atoms with Gasteiger partial charge in [0.2, 0.25) is 0 Å². The minimum Gasteiger partial charge on any atom is -0.497 e. The highest BCUT2D eigenvalue weighted by Crippen LogP contribution is 2.40. The van der Waals surface area contributed by atoms with Crippen molar-refractivity contribution in [3.63, 3.8) is 0 Å². The van der Waals surface area contributed by atoms with E-state index in [4.69, 9.17) is 25.8 Å². The topological polar surface area (TPSA) is 27.7 Å². The van der Waals surface area contributed by atoms with E-state index in [1.807, 2.05) is 36.4 Å². The first-order valence-corrected chi connectivity index (χ1v) is 7.85. The maximum absolute atomic E-state index is 6.33. The number of hydrogen-bond donors (Lipinski definition) is 0. The van der Waals surface area contributed by atoms with Gasteiger partial charge in [-0.15, -0.1) is 0 Å². The molecule has 1 aliphatic rings. The van der Waals surface area contributed by atoms with Gasteiger partial charge in [-0.1, -0.05) is 39.7 Å². The van der Waals surface area contributed by atoms with Crippen LogP contribution >= 0.6 is 27.5 Å².